The van der Waals surface area contributed by atoms with E-state index in [2.05, 4.69) is 21.0 Å². The summed E-state index contributed by atoms with van der Waals surface area (Å²) < 4.78 is 16.3. The van der Waals surface area contributed by atoms with Crippen LogP contribution >= 0.6 is 0 Å². The van der Waals surface area contributed by atoms with E-state index in [0.29, 0.717) is 51.9 Å². The lowest BCUT2D eigenvalue weighted by atomic mass is 10.0. The van der Waals surface area contributed by atoms with Crippen molar-refractivity contribution < 1.29 is 23.6 Å². The number of amides is 2. The first-order chi connectivity index (χ1) is 17.1. The number of nitrogens with zero attached hydrogens (tertiary/aromatic N) is 2. The first-order valence-corrected chi connectivity index (χ1v) is 11.4. The van der Waals surface area contributed by atoms with E-state index in [1.165, 1.54) is 7.11 Å². The van der Waals surface area contributed by atoms with Crippen molar-refractivity contribution in [3.63, 3.8) is 0 Å². The number of nitrogens with one attached hydrogen (secondary N) is 2. The molecule has 178 valence electrons. The Bertz CT molecular complexity index is 1400. The third kappa shape index (κ3) is 4.52. The fraction of sp³-hybridized carbons (Fsp3) is 0.231. The van der Waals surface area contributed by atoms with Gasteiger partial charge in [-0.15, -0.1) is 0 Å². The van der Waals surface area contributed by atoms with Crippen molar-refractivity contribution >= 4 is 22.9 Å². The van der Waals surface area contributed by atoms with Crippen LogP contribution in [0.3, 0.4) is 0 Å². The molecule has 2 heterocycles. The Morgan fingerprint density at radius 3 is 2.51 bits per heavy atom. The van der Waals surface area contributed by atoms with E-state index in [9.17, 15) is 9.59 Å². The minimum Gasteiger partial charge on any atom is -0.493 e. The highest BCUT2D eigenvalue weighted by Crippen LogP contribution is 2.41. The zero-order chi connectivity index (χ0) is 24.4. The van der Waals surface area contributed by atoms with Gasteiger partial charge in [-0.05, 0) is 44.0 Å². The van der Waals surface area contributed by atoms with Crippen LogP contribution in [0.4, 0.5) is 0 Å². The lowest BCUT2D eigenvalue weighted by Gasteiger charge is -2.12. The molecule has 4 aromatic rings. The second-order valence-corrected chi connectivity index (χ2v) is 8.15. The highest BCUT2D eigenvalue weighted by Gasteiger charge is 2.29. The zero-order valence-electron chi connectivity index (χ0n) is 19.3. The molecule has 0 spiro atoms. The lowest BCUT2D eigenvalue weighted by Crippen LogP contribution is -2.41. The number of methoxy groups -OCH3 is 1. The third-order valence-electron chi connectivity index (χ3n) is 5.77. The van der Waals surface area contributed by atoms with E-state index in [4.69, 9.17) is 14.0 Å². The molecule has 9 heteroatoms. The summed E-state index contributed by atoms with van der Waals surface area (Å²) in [5.41, 5.74) is 8.01. The minimum absolute atomic E-state index is 0.293. The smallest absolute Gasteiger partial charge is 0.270 e. The molecule has 2 aromatic carbocycles. The molecule has 2 amide bonds. The maximum atomic E-state index is 13.3. The van der Waals surface area contributed by atoms with Gasteiger partial charge in [-0.25, -0.2) is 4.98 Å². The highest BCUT2D eigenvalue weighted by atomic mass is 16.5. The monoisotopic (exact) mass is 472 g/mol. The van der Waals surface area contributed by atoms with Crippen LogP contribution in [-0.4, -0.2) is 35.7 Å². The molecule has 2 aromatic heterocycles. The van der Waals surface area contributed by atoms with Crippen LogP contribution in [0.25, 0.3) is 22.4 Å². The molecule has 0 bridgehead atoms. The lowest BCUT2D eigenvalue weighted by molar-refractivity contribution is 0.0847. The number of hydrogen-bond acceptors (Lipinski definition) is 7. The summed E-state index contributed by atoms with van der Waals surface area (Å²) in [4.78, 5) is 30.6. The van der Waals surface area contributed by atoms with E-state index in [1.54, 1.807) is 24.3 Å². The van der Waals surface area contributed by atoms with Gasteiger partial charge in [-0.1, -0.05) is 35.5 Å². The van der Waals surface area contributed by atoms with Gasteiger partial charge >= 0.3 is 0 Å². The predicted molar refractivity (Wildman–Crippen MR) is 128 cm³/mol. The molecule has 1 fully saturated rings. The Hall–Kier alpha value is -4.40. The van der Waals surface area contributed by atoms with Crippen LogP contribution in [-0.2, 0) is 0 Å². The minimum atomic E-state index is -0.499. The van der Waals surface area contributed by atoms with Gasteiger partial charge in [0.25, 0.3) is 17.5 Å². The van der Waals surface area contributed by atoms with Crippen molar-refractivity contribution in [3.05, 3.63) is 71.4 Å². The number of hydrogen-bond donors (Lipinski definition) is 2. The maximum Gasteiger partial charge on any atom is 0.270 e. The Kier molecular flexibility index (Phi) is 6.05. The molecule has 35 heavy (non-hydrogen) atoms. The van der Waals surface area contributed by atoms with Crippen LogP contribution in [0.5, 0.6) is 11.5 Å². The van der Waals surface area contributed by atoms with Crippen molar-refractivity contribution in [2.75, 3.05) is 13.7 Å². The van der Waals surface area contributed by atoms with Gasteiger partial charge < -0.3 is 14.0 Å². The number of pyridine rings is 1. The summed E-state index contributed by atoms with van der Waals surface area (Å²) >= 11 is 0. The average molecular weight is 473 g/mol. The number of fused-ring (bicyclic) bond motifs is 1. The van der Waals surface area contributed by atoms with Crippen LogP contribution < -0.4 is 20.3 Å². The van der Waals surface area contributed by atoms with Crippen LogP contribution in [0.1, 0.15) is 52.1 Å². The molecule has 1 saturated carbocycles. The van der Waals surface area contributed by atoms with Crippen LogP contribution in [0.15, 0.2) is 59.1 Å². The molecule has 1 aliphatic rings. The van der Waals surface area contributed by atoms with Crippen molar-refractivity contribution in [2.24, 2.45) is 0 Å². The second-order valence-electron chi connectivity index (χ2n) is 8.15. The normalized spacial score (nSPS) is 12.9. The fourth-order valence-corrected chi connectivity index (χ4v) is 3.87. The molecule has 2 N–H and O–H groups in total. The zero-order valence-corrected chi connectivity index (χ0v) is 19.3. The van der Waals surface area contributed by atoms with Gasteiger partial charge in [0.2, 0.25) is 0 Å². The predicted octanol–water partition coefficient (Wildman–Crippen LogP) is 4.25. The topological polar surface area (TPSA) is 116 Å². The number of hydrazine groups is 1. The number of benzene rings is 2. The summed E-state index contributed by atoms with van der Waals surface area (Å²) in [5.74, 6) is 0.255. The fourth-order valence-electron chi connectivity index (χ4n) is 3.87. The molecule has 0 aliphatic heterocycles. The van der Waals surface area contributed by atoms with Crippen molar-refractivity contribution in [1.29, 1.82) is 0 Å². The molecule has 0 atom stereocenters. The van der Waals surface area contributed by atoms with E-state index in [1.807, 2.05) is 37.3 Å². The second kappa shape index (κ2) is 9.46. The van der Waals surface area contributed by atoms with Crippen molar-refractivity contribution in [2.45, 2.75) is 25.7 Å². The number of rotatable bonds is 7. The summed E-state index contributed by atoms with van der Waals surface area (Å²) in [5, 5.41) is 4.68. The standard InChI is InChI=1S/C26H24N4O5/c1-3-34-20-12-11-17(13-21(20)33-2)24(31)28-29-25(32)18-14-19(15-9-10-15)27-26-22(18)23(30-35-26)16-7-5-4-6-8-16/h4-8,11-15H,3,9-10H2,1-2H3,(H,28,31)(H,29,32). The number of carbonyl (C=O) groups excluding carboxylic acids is 2. The first-order valence-electron chi connectivity index (χ1n) is 11.4. The van der Waals surface area contributed by atoms with Gasteiger partial charge in [-0.3, -0.25) is 20.4 Å². The summed E-state index contributed by atoms with van der Waals surface area (Å²) in [7, 11) is 1.50. The van der Waals surface area contributed by atoms with E-state index < -0.39 is 11.8 Å². The summed E-state index contributed by atoms with van der Waals surface area (Å²) in [6.07, 6.45) is 2.02. The van der Waals surface area contributed by atoms with Gasteiger partial charge in [0.1, 0.15) is 5.69 Å². The molecule has 9 nitrogen and oxygen atoms in total. The molecule has 5 rings (SSSR count). The Labute approximate surface area is 201 Å². The maximum absolute atomic E-state index is 13.3. The van der Waals surface area contributed by atoms with Gasteiger partial charge in [0.15, 0.2) is 11.5 Å². The largest absolute Gasteiger partial charge is 0.493 e. The van der Waals surface area contributed by atoms with Crippen LogP contribution in [0, 0.1) is 0 Å². The van der Waals surface area contributed by atoms with E-state index in [0.717, 1.165) is 24.1 Å². The van der Waals surface area contributed by atoms with Crippen molar-refractivity contribution in [1.82, 2.24) is 21.0 Å². The molecule has 0 unspecified atom stereocenters. The molecule has 1 aliphatic carbocycles. The number of aromatic nitrogens is 2. The highest BCUT2D eigenvalue weighted by molar-refractivity contribution is 6.10. The molecule has 0 radical (unpaired) electrons. The van der Waals surface area contributed by atoms with E-state index >= 15 is 0 Å². The Morgan fingerprint density at radius 1 is 1.03 bits per heavy atom. The summed E-state index contributed by atoms with van der Waals surface area (Å²) in [6.45, 7) is 2.33. The molecular weight excluding hydrogens is 448 g/mol. The Morgan fingerprint density at radius 2 is 1.80 bits per heavy atom. The molecule has 0 saturated heterocycles. The van der Waals surface area contributed by atoms with Gasteiger partial charge in [-0.2, -0.15) is 0 Å². The van der Waals surface area contributed by atoms with Crippen LogP contribution in [0.2, 0.25) is 0 Å². The molecular formula is C26H24N4O5. The quantitative estimate of drug-likeness (QED) is 0.386. The first kappa shape index (κ1) is 22.4. The van der Waals surface area contributed by atoms with E-state index in [-0.39, 0.29) is 0 Å². The summed E-state index contributed by atoms with van der Waals surface area (Å²) in [6, 6.07) is 16.0. The van der Waals surface area contributed by atoms with Gasteiger partial charge in [0, 0.05) is 22.7 Å². The van der Waals surface area contributed by atoms with Gasteiger partial charge in [0.05, 0.1) is 24.7 Å². The number of ether oxygens (including phenoxy) is 2. The third-order valence-corrected chi connectivity index (χ3v) is 5.77. The number of carbonyl (C=O) groups is 2. The Balaban J connectivity index is 1.42. The average Bonchev–Trinajstić information content (AvgIpc) is 3.66. The van der Waals surface area contributed by atoms with Crippen molar-refractivity contribution in [3.8, 4) is 22.8 Å². The SMILES string of the molecule is CCOc1ccc(C(=O)NNC(=O)c2cc(C3CC3)nc3onc(-c4ccccc4)c23)cc1OC.